The first kappa shape index (κ1) is 17.5. The molecule has 0 aliphatic rings. The molecular weight excluding hydrogens is 336 g/mol. The van der Waals surface area contributed by atoms with Crippen molar-refractivity contribution >= 4 is 16.9 Å². The van der Waals surface area contributed by atoms with Crippen LogP contribution in [0.4, 0.5) is 0 Å². The van der Waals surface area contributed by atoms with E-state index in [2.05, 4.69) is 0 Å². The van der Waals surface area contributed by atoms with E-state index in [0.29, 0.717) is 16.7 Å². The molecular formula is C20H18O6. The van der Waals surface area contributed by atoms with Gasteiger partial charge in [0.05, 0.1) is 0 Å². The Morgan fingerprint density at radius 3 is 2.58 bits per heavy atom. The van der Waals surface area contributed by atoms with Crippen molar-refractivity contribution < 1.29 is 23.8 Å². The Labute approximate surface area is 149 Å². The number of carbonyl (C=O) groups is 1. The highest BCUT2D eigenvalue weighted by atomic mass is 16.6. The van der Waals surface area contributed by atoms with E-state index < -0.39 is 11.6 Å². The number of hydrogen-bond acceptors (Lipinski definition) is 6. The Kier molecular flexibility index (Phi) is 4.93. The minimum absolute atomic E-state index is 0.0169. The smallest absolute Gasteiger partial charge is 0.344 e. The van der Waals surface area contributed by atoms with E-state index in [0.717, 1.165) is 11.1 Å². The van der Waals surface area contributed by atoms with Crippen molar-refractivity contribution in [2.75, 3.05) is 6.61 Å². The number of aryl methyl sites for hydroxylation is 2. The van der Waals surface area contributed by atoms with E-state index in [1.807, 2.05) is 32.0 Å². The number of esters is 1. The van der Waals surface area contributed by atoms with Crippen LogP contribution in [-0.4, -0.2) is 17.7 Å². The summed E-state index contributed by atoms with van der Waals surface area (Å²) in [5.41, 5.74) is 2.02. The van der Waals surface area contributed by atoms with E-state index in [4.69, 9.17) is 13.9 Å². The predicted octanol–water partition coefficient (Wildman–Crippen LogP) is 3.24. The minimum atomic E-state index is -0.582. The van der Waals surface area contributed by atoms with Crippen LogP contribution in [0.3, 0.4) is 0 Å². The molecule has 0 amide bonds. The minimum Gasteiger partial charge on any atom is -0.508 e. The lowest BCUT2D eigenvalue weighted by molar-refractivity contribution is -0.147. The molecule has 6 nitrogen and oxygen atoms in total. The summed E-state index contributed by atoms with van der Waals surface area (Å²) < 4.78 is 15.8. The van der Waals surface area contributed by atoms with Gasteiger partial charge in [-0.25, -0.2) is 9.59 Å². The summed E-state index contributed by atoms with van der Waals surface area (Å²) in [5, 5.41) is 10.1. The van der Waals surface area contributed by atoms with Crippen molar-refractivity contribution in [1.29, 1.82) is 0 Å². The van der Waals surface area contributed by atoms with Gasteiger partial charge in [-0.3, -0.25) is 0 Å². The van der Waals surface area contributed by atoms with Crippen molar-refractivity contribution in [3.05, 3.63) is 69.6 Å². The van der Waals surface area contributed by atoms with Crippen molar-refractivity contribution in [3.8, 4) is 11.5 Å². The summed E-state index contributed by atoms with van der Waals surface area (Å²) in [5.74, 6) is 0.0929. The summed E-state index contributed by atoms with van der Waals surface area (Å²) in [6, 6.07) is 11.4. The summed E-state index contributed by atoms with van der Waals surface area (Å²) in [6.07, 6.45) is 0. The van der Waals surface area contributed by atoms with E-state index in [1.165, 1.54) is 18.2 Å². The van der Waals surface area contributed by atoms with Gasteiger partial charge in [0.25, 0.3) is 0 Å². The molecule has 26 heavy (non-hydrogen) atoms. The van der Waals surface area contributed by atoms with Gasteiger partial charge in [-0.05, 0) is 37.1 Å². The molecule has 0 unspecified atom stereocenters. The number of carbonyl (C=O) groups excluding carboxylic acids is 1. The van der Waals surface area contributed by atoms with Gasteiger partial charge in [0.1, 0.15) is 23.7 Å². The highest BCUT2D eigenvalue weighted by Gasteiger charge is 2.11. The Hall–Kier alpha value is -3.28. The van der Waals surface area contributed by atoms with Gasteiger partial charge >= 0.3 is 11.6 Å². The van der Waals surface area contributed by atoms with Gasteiger partial charge in [0, 0.05) is 23.1 Å². The molecule has 0 atom stereocenters. The van der Waals surface area contributed by atoms with E-state index in [9.17, 15) is 14.7 Å². The van der Waals surface area contributed by atoms with Gasteiger partial charge in [-0.1, -0.05) is 18.2 Å². The van der Waals surface area contributed by atoms with Crippen LogP contribution in [-0.2, 0) is 16.1 Å². The number of phenols is 1. The Morgan fingerprint density at radius 2 is 1.85 bits per heavy atom. The first-order valence-electron chi connectivity index (χ1n) is 8.04. The van der Waals surface area contributed by atoms with Crippen molar-refractivity contribution in [1.82, 2.24) is 0 Å². The molecule has 0 spiro atoms. The zero-order valence-electron chi connectivity index (χ0n) is 14.4. The van der Waals surface area contributed by atoms with Crippen LogP contribution in [0.25, 0.3) is 11.0 Å². The van der Waals surface area contributed by atoms with Crippen LogP contribution in [0.1, 0.15) is 16.7 Å². The van der Waals surface area contributed by atoms with Gasteiger partial charge < -0.3 is 19.0 Å². The molecule has 134 valence electrons. The molecule has 1 aromatic heterocycles. The second-order valence-electron chi connectivity index (χ2n) is 5.94. The second-order valence-corrected chi connectivity index (χ2v) is 5.94. The lowest BCUT2D eigenvalue weighted by Crippen LogP contribution is -2.16. The molecule has 0 saturated heterocycles. The normalized spacial score (nSPS) is 10.7. The lowest BCUT2D eigenvalue weighted by atomic mass is 10.1. The zero-order chi connectivity index (χ0) is 18.7. The Morgan fingerprint density at radius 1 is 1.12 bits per heavy atom. The number of rotatable bonds is 5. The third kappa shape index (κ3) is 3.85. The number of benzene rings is 2. The molecule has 1 N–H and O–H groups in total. The molecule has 0 aliphatic heterocycles. The van der Waals surface area contributed by atoms with E-state index in [1.54, 1.807) is 6.07 Å². The summed E-state index contributed by atoms with van der Waals surface area (Å²) >= 11 is 0. The molecule has 3 aromatic rings. The zero-order valence-corrected chi connectivity index (χ0v) is 14.4. The van der Waals surface area contributed by atoms with Gasteiger partial charge in [-0.2, -0.15) is 0 Å². The molecule has 0 bridgehead atoms. The van der Waals surface area contributed by atoms with Crippen molar-refractivity contribution in [2.24, 2.45) is 0 Å². The average molecular weight is 354 g/mol. The van der Waals surface area contributed by atoms with Gasteiger partial charge in [0.15, 0.2) is 6.61 Å². The maximum absolute atomic E-state index is 12.0. The van der Waals surface area contributed by atoms with Crippen molar-refractivity contribution in [2.45, 2.75) is 20.5 Å². The van der Waals surface area contributed by atoms with E-state index in [-0.39, 0.29) is 24.5 Å². The molecule has 6 heteroatoms. The monoisotopic (exact) mass is 354 g/mol. The Balaban J connectivity index is 1.68. The second kappa shape index (κ2) is 7.31. The molecule has 1 heterocycles. The average Bonchev–Trinajstić information content (AvgIpc) is 2.58. The highest BCUT2D eigenvalue weighted by molar-refractivity contribution is 5.81. The third-order valence-corrected chi connectivity index (χ3v) is 3.95. The first-order chi connectivity index (χ1) is 12.4. The van der Waals surface area contributed by atoms with Crippen LogP contribution in [0.2, 0.25) is 0 Å². The fourth-order valence-electron chi connectivity index (χ4n) is 2.70. The first-order valence-corrected chi connectivity index (χ1v) is 8.04. The highest BCUT2D eigenvalue weighted by Crippen LogP contribution is 2.23. The standard InChI is InChI=1S/C20H18O6/c1-12-4-3-5-13(2)20(12)25-11-19(23)24-10-14-8-18(22)26-17-9-15(21)6-7-16(14)17/h3-9,21H,10-11H2,1-2H3. The number of ether oxygens (including phenoxy) is 2. The van der Waals surface area contributed by atoms with E-state index >= 15 is 0 Å². The summed E-state index contributed by atoms with van der Waals surface area (Å²) in [4.78, 5) is 23.6. The number of para-hydroxylation sites is 1. The van der Waals surface area contributed by atoms with Crippen LogP contribution >= 0.6 is 0 Å². The summed E-state index contributed by atoms with van der Waals surface area (Å²) in [7, 11) is 0. The lowest BCUT2D eigenvalue weighted by Gasteiger charge is -2.12. The number of phenolic OH excluding ortho intramolecular Hbond substituents is 1. The molecule has 0 fully saturated rings. The van der Waals surface area contributed by atoms with Gasteiger partial charge in [-0.15, -0.1) is 0 Å². The van der Waals surface area contributed by atoms with Crippen LogP contribution < -0.4 is 10.4 Å². The fourth-order valence-corrected chi connectivity index (χ4v) is 2.70. The third-order valence-electron chi connectivity index (χ3n) is 3.95. The number of aromatic hydroxyl groups is 1. The largest absolute Gasteiger partial charge is 0.508 e. The SMILES string of the molecule is Cc1cccc(C)c1OCC(=O)OCc1cc(=O)oc2cc(O)ccc12. The molecule has 2 aromatic carbocycles. The molecule has 3 rings (SSSR count). The predicted molar refractivity (Wildman–Crippen MR) is 95.4 cm³/mol. The van der Waals surface area contributed by atoms with Crippen LogP contribution in [0.15, 0.2) is 51.7 Å². The van der Waals surface area contributed by atoms with Crippen molar-refractivity contribution in [3.63, 3.8) is 0 Å². The van der Waals surface area contributed by atoms with Crippen LogP contribution in [0.5, 0.6) is 11.5 Å². The number of hydrogen-bond donors (Lipinski definition) is 1. The molecule has 0 aliphatic carbocycles. The van der Waals surface area contributed by atoms with Gasteiger partial charge in [0.2, 0.25) is 0 Å². The molecule has 0 radical (unpaired) electrons. The molecule has 0 saturated carbocycles. The number of fused-ring (bicyclic) bond motifs is 1. The fraction of sp³-hybridized carbons (Fsp3) is 0.200. The topological polar surface area (TPSA) is 86.0 Å². The quantitative estimate of drug-likeness (QED) is 0.559. The summed E-state index contributed by atoms with van der Waals surface area (Å²) in [6.45, 7) is 3.48. The van der Waals surface area contributed by atoms with Crippen LogP contribution in [0, 0.1) is 13.8 Å². The maximum Gasteiger partial charge on any atom is 0.344 e. The Bertz CT molecular complexity index is 998. The maximum atomic E-state index is 12.0.